The third kappa shape index (κ3) is 1.45. The largest absolute Gasteiger partial charge is 0.216 e. The molecular formula is C12H9F. The Hall–Kier alpha value is -1.63. The first-order valence-corrected chi connectivity index (χ1v) is 4.16. The summed E-state index contributed by atoms with van der Waals surface area (Å²) in [6.45, 7) is 0. The van der Waals surface area contributed by atoms with Crippen LogP contribution in [0.2, 0.25) is 0 Å². The molecule has 0 aliphatic heterocycles. The van der Waals surface area contributed by atoms with Gasteiger partial charge in [0.2, 0.25) is 0 Å². The predicted octanol–water partition coefficient (Wildman–Crippen LogP) is 3.78. The smallest absolute Gasteiger partial charge is 0.0873 e. The maximum Gasteiger partial charge on any atom is 0.0873 e. The number of hydrogen-bond donors (Lipinski definition) is 0. The molecule has 2 aromatic rings. The summed E-state index contributed by atoms with van der Waals surface area (Å²) in [5.74, 6) is 0. The number of hydrogen-bond acceptors (Lipinski definition) is 0. The topological polar surface area (TPSA) is 0 Å². The summed E-state index contributed by atoms with van der Waals surface area (Å²) in [4.78, 5) is 0. The summed E-state index contributed by atoms with van der Waals surface area (Å²) in [7, 11) is 0. The fraction of sp³-hybridized carbons (Fsp3) is 0. The van der Waals surface area contributed by atoms with Crippen molar-refractivity contribution in [1.29, 1.82) is 0 Å². The van der Waals surface area contributed by atoms with Crippen molar-refractivity contribution in [1.82, 2.24) is 0 Å². The van der Waals surface area contributed by atoms with Gasteiger partial charge in [-0.3, -0.25) is 0 Å². The Morgan fingerprint density at radius 1 is 0.923 bits per heavy atom. The molecule has 0 radical (unpaired) electrons. The number of halogens is 1. The first-order chi connectivity index (χ1) is 6.42. The molecule has 2 rings (SSSR count). The van der Waals surface area contributed by atoms with Gasteiger partial charge in [0, 0.05) is 0 Å². The molecule has 0 spiro atoms. The minimum Gasteiger partial charge on any atom is -0.216 e. The van der Waals surface area contributed by atoms with Gasteiger partial charge in [0.05, 0.1) is 6.33 Å². The van der Waals surface area contributed by atoms with Gasteiger partial charge in [0.25, 0.3) is 0 Å². The van der Waals surface area contributed by atoms with Gasteiger partial charge in [-0.05, 0) is 22.4 Å². The summed E-state index contributed by atoms with van der Waals surface area (Å²) < 4.78 is 12.0. The molecule has 1 heteroatoms. The van der Waals surface area contributed by atoms with Gasteiger partial charge >= 0.3 is 0 Å². The van der Waals surface area contributed by atoms with Crippen LogP contribution in [0.1, 0.15) is 5.56 Å². The molecule has 0 atom stereocenters. The van der Waals surface area contributed by atoms with Crippen LogP contribution in [-0.4, -0.2) is 0 Å². The van der Waals surface area contributed by atoms with Crippen LogP contribution in [-0.2, 0) is 0 Å². The Kier molecular flexibility index (Phi) is 2.09. The van der Waals surface area contributed by atoms with E-state index in [1.54, 1.807) is 0 Å². The first-order valence-electron chi connectivity index (χ1n) is 4.16. The summed E-state index contributed by atoms with van der Waals surface area (Å²) in [5, 5.41) is 2.22. The van der Waals surface area contributed by atoms with E-state index in [-0.39, 0.29) is 0 Å². The third-order valence-electron chi connectivity index (χ3n) is 2.07. The molecule has 13 heavy (non-hydrogen) atoms. The normalized spacial score (nSPS) is 11.2. The monoisotopic (exact) mass is 172 g/mol. The molecule has 0 heterocycles. The summed E-state index contributed by atoms with van der Waals surface area (Å²) in [6, 6.07) is 13.8. The summed E-state index contributed by atoms with van der Waals surface area (Å²) in [6.07, 6.45) is 2.05. The quantitative estimate of drug-likeness (QED) is 0.614. The Balaban J connectivity index is 2.75. The van der Waals surface area contributed by atoms with E-state index in [1.807, 2.05) is 42.5 Å². The zero-order valence-electron chi connectivity index (χ0n) is 7.07. The van der Waals surface area contributed by atoms with E-state index in [9.17, 15) is 4.39 Å². The molecule has 0 fully saturated rings. The molecule has 0 aliphatic carbocycles. The molecule has 0 bridgehead atoms. The van der Waals surface area contributed by atoms with Crippen molar-refractivity contribution >= 4 is 16.8 Å². The van der Waals surface area contributed by atoms with E-state index < -0.39 is 0 Å². The van der Waals surface area contributed by atoms with Gasteiger partial charge in [0.15, 0.2) is 0 Å². The lowest BCUT2D eigenvalue weighted by Crippen LogP contribution is -1.76. The van der Waals surface area contributed by atoms with Crippen molar-refractivity contribution in [2.24, 2.45) is 0 Å². The molecule has 0 aromatic heterocycles. The first kappa shape index (κ1) is 7.99. The van der Waals surface area contributed by atoms with E-state index in [0.717, 1.165) is 16.3 Å². The zero-order valence-corrected chi connectivity index (χ0v) is 7.07. The number of benzene rings is 2. The van der Waals surface area contributed by atoms with Crippen LogP contribution in [0, 0.1) is 0 Å². The van der Waals surface area contributed by atoms with Crippen LogP contribution >= 0.6 is 0 Å². The van der Waals surface area contributed by atoms with Crippen molar-refractivity contribution < 1.29 is 4.39 Å². The Labute approximate surface area is 76.3 Å². The van der Waals surface area contributed by atoms with E-state index in [2.05, 4.69) is 0 Å². The third-order valence-corrected chi connectivity index (χ3v) is 2.07. The molecule has 0 N–H and O–H groups in total. The minimum absolute atomic E-state index is 0.571. The van der Waals surface area contributed by atoms with Crippen LogP contribution in [0.4, 0.5) is 4.39 Å². The summed E-state index contributed by atoms with van der Waals surface area (Å²) in [5.41, 5.74) is 0.917. The highest BCUT2D eigenvalue weighted by Gasteiger charge is 1.94. The maximum absolute atomic E-state index is 12.0. The fourth-order valence-corrected chi connectivity index (χ4v) is 1.46. The van der Waals surface area contributed by atoms with Crippen LogP contribution in [0.25, 0.3) is 16.8 Å². The molecule has 0 aliphatic rings. The van der Waals surface area contributed by atoms with E-state index >= 15 is 0 Å². The van der Waals surface area contributed by atoms with Crippen LogP contribution in [0.5, 0.6) is 0 Å². The van der Waals surface area contributed by atoms with Gasteiger partial charge < -0.3 is 0 Å². The van der Waals surface area contributed by atoms with Crippen molar-refractivity contribution in [2.45, 2.75) is 0 Å². The Morgan fingerprint density at radius 2 is 1.69 bits per heavy atom. The standard InChI is InChI=1S/C12H9F/c13-9-8-11-6-3-5-10-4-1-2-7-12(10)11/h1-9H/b9-8+. The van der Waals surface area contributed by atoms with Crippen molar-refractivity contribution in [3.63, 3.8) is 0 Å². The molecule has 64 valence electrons. The second kappa shape index (κ2) is 3.40. The van der Waals surface area contributed by atoms with Gasteiger partial charge in [-0.15, -0.1) is 0 Å². The van der Waals surface area contributed by atoms with Crippen LogP contribution < -0.4 is 0 Å². The maximum atomic E-state index is 12.0. The Bertz CT molecular complexity index is 438. The second-order valence-corrected chi connectivity index (χ2v) is 2.86. The number of fused-ring (bicyclic) bond motifs is 1. The highest BCUT2D eigenvalue weighted by Crippen LogP contribution is 2.19. The molecule has 0 saturated heterocycles. The van der Waals surface area contributed by atoms with Gasteiger partial charge in [0.1, 0.15) is 0 Å². The molecule has 0 saturated carbocycles. The Morgan fingerprint density at radius 3 is 2.54 bits per heavy atom. The van der Waals surface area contributed by atoms with Gasteiger partial charge in [-0.2, -0.15) is 0 Å². The van der Waals surface area contributed by atoms with E-state index in [0.29, 0.717) is 6.33 Å². The average molecular weight is 172 g/mol. The molecule has 0 nitrogen and oxygen atoms in total. The van der Waals surface area contributed by atoms with Gasteiger partial charge in [-0.1, -0.05) is 42.5 Å². The second-order valence-electron chi connectivity index (χ2n) is 2.86. The molecular weight excluding hydrogens is 163 g/mol. The SMILES string of the molecule is F/C=C/c1cccc2ccccc12. The molecule has 0 amide bonds. The van der Waals surface area contributed by atoms with Gasteiger partial charge in [-0.25, -0.2) is 4.39 Å². The van der Waals surface area contributed by atoms with Crippen molar-refractivity contribution in [3.05, 3.63) is 54.4 Å². The highest BCUT2D eigenvalue weighted by atomic mass is 19.1. The zero-order chi connectivity index (χ0) is 9.10. The van der Waals surface area contributed by atoms with Crippen LogP contribution in [0.15, 0.2) is 48.8 Å². The number of rotatable bonds is 1. The lowest BCUT2D eigenvalue weighted by molar-refractivity contribution is 0.727. The van der Waals surface area contributed by atoms with Crippen LogP contribution in [0.3, 0.4) is 0 Å². The highest BCUT2D eigenvalue weighted by molar-refractivity contribution is 5.90. The summed E-state index contributed by atoms with van der Waals surface area (Å²) >= 11 is 0. The predicted molar refractivity (Wildman–Crippen MR) is 54.1 cm³/mol. The minimum atomic E-state index is 0.571. The fourth-order valence-electron chi connectivity index (χ4n) is 1.46. The lowest BCUT2D eigenvalue weighted by Gasteiger charge is -2.00. The lowest BCUT2D eigenvalue weighted by atomic mass is 10.1. The molecule has 0 unspecified atom stereocenters. The average Bonchev–Trinajstić information content (AvgIpc) is 2.19. The van der Waals surface area contributed by atoms with Crippen molar-refractivity contribution in [2.75, 3.05) is 0 Å². The van der Waals surface area contributed by atoms with E-state index in [4.69, 9.17) is 0 Å². The van der Waals surface area contributed by atoms with E-state index in [1.165, 1.54) is 6.08 Å². The van der Waals surface area contributed by atoms with Crippen molar-refractivity contribution in [3.8, 4) is 0 Å². The molecule has 2 aromatic carbocycles.